The molecule has 0 bridgehead atoms. The van der Waals surface area contributed by atoms with Gasteiger partial charge in [-0.1, -0.05) is 25.3 Å². The molecule has 0 aliphatic carbocycles. The van der Waals surface area contributed by atoms with E-state index in [1.807, 2.05) is 0 Å². The number of nitrogens with zero attached hydrogens (tertiary/aromatic N) is 1. The van der Waals surface area contributed by atoms with Gasteiger partial charge in [-0.05, 0) is 36.4 Å². The molecular formula is C18H17N3O2. The van der Waals surface area contributed by atoms with E-state index in [0.29, 0.717) is 28.6 Å². The number of pyridine rings is 1. The Morgan fingerprint density at radius 3 is 2.78 bits per heavy atom. The number of anilines is 2. The molecule has 3 N–H and O–H groups in total. The number of carbonyl (C=O) groups excluding carboxylic acids is 1. The fourth-order valence-electron chi connectivity index (χ4n) is 1.81. The van der Waals surface area contributed by atoms with Crippen LogP contribution in [-0.2, 0) is 0 Å². The minimum atomic E-state index is -0.299. The van der Waals surface area contributed by atoms with Crippen LogP contribution in [-0.4, -0.2) is 10.9 Å². The minimum Gasteiger partial charge on any atom is -0.457 e. The number of ether oxygens (including phenoxy) is 1. The third-order valence-electron chi connectivity index (χ3n) is 2.84. The number of aromatic nitrogens is 1. The maximum absolute atomic E-state index is 12.2. The molecule has 2 rings (SSSR count). The number of allylic oxidation sites excluding steroid dienone is 3. The first-order chi connectivity index (χ1) is 11.1. The molecule has 1 aromatic heterocycles. The van der Waals surface area contributed by atoms with Crippen molar-refractivity contribution in [2.24, 2.45) is 0 Å². The molecule has 5 heteroatoms. The van der Waals surface area contributed by atoms with Crippen LogP contribution in [0.25, 0.3) is 0 Å². The van der Waals surface area contributed by atoms with Gasteiger partial charge in [0.25, 0.3) is 5.91 Å². The highest BCUT2D eigenvalue weighted by Gasteiger charge is 2.08. The second-order valence-corrected chi connectivity index (χ2v) is 4.57. The van der Waals surface area contributed by atoms with Crippen molar-refractivity contribution in [3.63, 3.8) is 0 Å². The van der Waals surface area contributed by atoms with E-state index >= 15 is 0 Å². The Morgan fingerprint density at radius 1 is 1.26 bits per heavy atom. The summed E-state index contributed by atoms with van der Waals surface area (Å²) in [5.74, 6) is 1.14. The monoisotopic (exact) mass is 307 g/mol. The molecule has 0 saturated heterocycles. The van der Waals surface area contributed by atoms with E-state index < -0.39 is 0 Å². The lowest BCUT2D eigenvalue weighted by Gasteiger charge is -2.09. The zero-order valence-electron chi connectivity index (χ0n) is 12.5. The topological polar surface area (TPSA) is 77.2 Å². The lowest BCUT2D eigenvalue weighted by atomic mass is 10.2. The highest BCUT2D eigenvalue weighted by Crippen LogP contribution is 2.18. The van der Waals surface area contributed by atoms with Gasteiger partial charge in [0, 0.05) is 23.5 Å². The van der Waals surface area contributed by atoms with Crippen molar-refractivity contribution in [2.75, 3.05) is 11.1 Å². The van der Waals surface area contributed by atoms with E-state index in [4.69, 9.17) is 10.5 Å². The summed E-state index contributed by atoms with van der Waals surface area (Å²) in [6, 6.07) is 9.99. The van der Waals surface area contributed by atoms with Crippen LogP contribution in [0.2, 0.25) is 0 Å². The molecule has 116 valence electrons. The maximum atomic E-state index is 12.2. The summed E-state index contributed by atoms with van der Waals surface area (Å²) in [5, 5.41) is 2.70. The van der Waals surface area contributed by atoms with Crippen LogP contribution < -0.4 is 15.8 Å². The number of amides is 1. The number of carbonyl (C=O) groups is 1. The second kappa shape index (κ2) is 7.61. The Kier molecular flexibility index (Phi) is 5.30. The predicted molar refractivity (Wildman–Crippen MR) is 92.1 cm³/mol. The van der Waals surface area contributed by atoms with E-state index in [2.05, 4.69) is 23.5 Å². The summed E-state index contributed by atoms with van der Waals surface area (Å²) in [4.78, 5) is 16.3. The average Bonchev–Trinajstić information content (AvgIpc) is 2.54. The number of nitrogens with one attached hydrogen (secondary N) is 1. The fourth-order valence-corrected chi connectivity index (χ4v) is 1.81. The van der Waals surface area contributed by atoms with Gasteiger partial charge in [0.15, 0.2) is 0 Å². The molecule has 0 fully saturated rings. The largest absolute Gasteiger partial charge is 0.457 e. The van der Waals surface area contributed by atoms with Crippen LogP contribution in [0.4, 0.5) is 11.5 Å². The Balaban J connectivity index is 2.13. The van der Waals surface area contributed by atoms with Crippen molar-refractivity contribution in [1.82, 2.24) is 4.98 Å². The summed E-state index contributed by atoms with van der Waals surface area (Å²) < 4.78 is 5.61. The standard InChI is InChI=1S/C18H17N3O2/c1-3-6-15(4-2)23-16-9-10-20-17(12-16)21-18(22)13-7-5-8-14(19)11-13/h3-12H,1-2,19H2,(H,20,21,22)/b15-6+. The third-order valence-corrected chi connectivity index (χ3v) is 2.84. The number of nitrogens with two attached hydrogens (primary N) is 1. The Labute approximate surface area is 134 Å². The molecule has 0 saturated carbocycles. The first-order valence-electron chi connectivity index (χ1n) is 6.88. The van der Waals surface area contributed by atoms with Gasteiger partial charge >= 0.3 is 0 Å². The molecule has 1 aromatic carbocycles. The van der Waals surface area contributed by atoms with Crippen LogP contribution in [0.5, 0.6) is 5.75 Å². The smallest absolute Gasteiger partial charge is 0.256 e. The zero-order valence-corrected chi connectivity index (χ0v) is 12.5. The van der Waals surface area contributed by atoms with Crippen LogP contribution >= 0.6 is 0 Å². The van der Waals surface area contributed by atoms with Gasteiger partial charge in [-0.2, -0.15) is 0 Å². The Morgan fingerprint density at radius 2 is 2.09 bits per heavy atom. The van der Waals surface area contributed by atoms with Crippen LogP contribution in [0.3, 0.4) is 0 Å². The number of hydrogen-bond donors (Lipinski definition) is 2. The maximum Gasteiger partial charge on any atom is 0.256 e. The molecule has 0 aliphatic heterocycles. The van der Waals surface area contributed by atoms with Gasteiger partial charge < -0.3 is 15.8 Å². The molecule has 0 radical (unpaired) electrons. The van der Waals surface area contributed by atoms with Crippen LogP contribution in [0.1, 0.15) is 10.4 Å². The fraction of sp³-hybridized carbons (Fsp3) is 0. The van der Waals surface area contributed by atoms with Gasteiger partial charge in [-0.25, -0.2) is 4.98 Å². The van der Waals surface area contributed by atoms with Gasteiger partial charge in [-0.15, -0.1) is 0 Å². The van der Waals surface area contributed by atoms with Gasteiger partial charge in [0.1, 0.15) is 17.3 Å². The van der Waals surface area contributed by atoms with Gasteiger partial charge in [0.2, 0.25) is 0 Å². The third kappa shape index (κ3) is 4.57. The number of benzene rings is 1. The molecule has 1 heterocycles. The molecule has 1 amide bonds. The molecule has 0 aliphatic rings. The summed E-state index contributed by atoms with van der Waals surface area (Å²) in [6.45, 7) is 7.26. The van der Waals surface area contributed by atoms with E-state index in [9.17, 15) is 4.79 Å². The van der Waals surface area contributed by atoms with E-state index in [1.54, 1.807) is 60.8 Å². The number of rotatable bonds is 6. The van der Waals surface area contributed by atoms with Crippen LogP contribution in [0.15, 0.2) is 79.7 Å². The normalized spacial score (nSPS) is 10.7. The quantitative estimate of drug-likeness (QED) is 0.486. The van der Waals surface area contributed by atoms with Gasteiger partial charge in [0.05, 0.1) is 0 Å². The summed E-state index contributed by atoms with van der Waals surface area (Å²) in [7, 11) is 0. The van der Waals surface area contributed by atoms with Crippen molar-refractivity contribution in [1.29, 1.82) is 0 Å². The average molecular weight is 307 g/mol. The summed E-state index contributed by atoms with van der Waals surface area (Å²) in [6.07, 6.45) is 6.38. The molecule has 0 spiro atoms. The molecule has 2 aromatic rings. The molecule has 0 atom stereocenters. The number of hydrogen-bond acceptors (Lipinski definition) is 4. The van der Waals surface area contributed by atoms with E-state index in [1.165, 1.54) is 0 Å². The lowest BCUT2D eigenvalue weighted by molar-refractivity contribution is 0.102. The second-order valence-electron chi connectivity index (χ2n) is 4.57. The van der Waals surface area contributed by atoms with Crippen molar-refractivity contribution in [2.45, 2.75) is 0 Å². The highest BCUT2D eigenvalue weighted by atomic mass is 16.5. The zero-order chi connectivity index (χ0) is 16.7. The molecule has 5 nitrogen and oxygen atoms in total. The predicted octanol–water partition coefficient (Wildman–Crippen LogP) is 3.55. The van der Waals surface area contributed by atoms with Crippen molar-refractivity contribution in [3.8, 4) is 5.75 Å². The van der Waals surface area contributed by atoms with Crippen molar-refractivity contribution >= 4 is 17.4 Å². The minimum absolute atomic E-state index is 0.299. The first-order valence-corrected chi connectivity index (χ1v) is 6.88. The SMILES string of the molecule is C=C/C=C(\C=C)Oc1ccnc(NC(=O)c2cccc(N)c2)c1. The molecule has 23 heavy (non-hydrogen) atoms. The summed E-state index contributed by atoms with van der Waals surface area (Å²) in [5.41, 5.74) is 6.65. The van der Waals surface area contributed by atoms with Crippen LogP contribution in [0, 0.1) is 0 Å². The molecule has 0 unspecified atom stereocenters. The molecular weight excluding hydrogens is 290 g/mol. The van der Waals surface area contributed by atoms with Crippen molar-refractivity contribution < 1.29 is 9.53 Å². The van der Waals surface area contributed by atoms with E-state index in [-0.39, 0.29) is 5.91 Å². The van der Waals surface area contributed by atoms with E-state index in [0.717, 1.165) is 0 Å². The Hall–Kier alpha value is -3.34. The summed E-state index contributed by atoms with van der Waals surface area (Å²) >= 11 is 0. The van der Waals surface area contributed by atoms with Crippen molar-refractivity contribution in [3.05, 3.63) is 85.3 Å². The number of nitrogen functional groups attached to an aromatic ring is 1. The lowest BCUT2D eigenvalue weighted by Crippen LogP contribution is -2.13. The Bertz CT molecular complexity index is 766. The highest BCUT2D eigenvalue weighted by molar-refractivity contribution is 6.04. The first kappa shape index (κ1) is 16.0. The van der Waals surface area contributed by atoms with Gasteiger partial charge in [-0.3, -0.25) is 4.79 Å².